The third-order valence-electron chi connectivity index (χ3n) is 1.92. The Morgan fingerprint density at radius 3 is 3.00 bits per heavy atom. The van der Waals surface area contributed by atoms with Crippen molar-refractivity contribution in [1.82, 2.24) is 0 Å². The minimum Gasteiger partial charge on any atom is -0.458 e. The topological polar surface area (TPSA) is 26.3 Å². The molecule has 1 heterocycles. The summed E-state index contributed by atoms with van der Waals surface area (Å²) >= 11 is 0. The van der Waals surface area contributed by atoms with E-state index in [2.05, 4.69) is 6.58 Å². The fourth-order valence-corrected chi connectivity index (χ4v) is 1.24. The van der Waals surface area contributed by atoms with Gasteiger partial charge in [0.15, 0.2) is 0 Å². The number of esters is 1. The third-order valence-corrected chi connectivity index (χ3v) is 1.92. The summed E-state index contributed by atoms with van der Waals surface area (Å²) in [5.41, 5.74) is 0. The molecule has 1 saturated heterocycles. The molecule has 0 aromatic carbocycles. The Hall–Kier alpha value is -0.790. The van der Waals surface area contributed by atoms with Gasteiger partial charge in [0.2, 0.25) is 0 Å². The average Bonchev–Trinajstić information content (AvgIpc) is 1.96. The van der Waals surface area contributed by atoms with Crippen molar-refractivity contribution in [2.45, 2.75) is 38.2 Å². The summed E-state index contributed by atoms with van der Waals surface area (Å²) < 4.78 is 5.08. The molecule has 0 aromatic rings. The summed E-state index contributed by atoms with van der Waals surface area (Å²) in [6.45, 7) is 3.61. The monoisotopic (exact) mass is 154 g/mol. The fourth-order valence-electron chi connectivity index (χ4n) is 1.24. The molecule has 1 atom stereocenters. The molecule has 0 aliphatic carbocycles. The number of hydrogen-bond donors (Lipinski definition) is 0. The van der Waals surface area contributed by atoms with Crippen LogP contribution in [0.25, 0.3) is 0 Å². The van der Waals surface area contributed by atoms with E-state index in [1.807, 2.05) is 0 Å². The molecule has 1 fully saturated rings. The summed E-state index contributed by atoms with van der Waals surface area (Å²) in [5.74, 6) is -0.0744. The molecule has 1 aliphatic rings. The lowest BCUT2D eigenvalue weighted by atomic mass is 10.1. The van der Waals surface area contributed by atoms with E-state index in [0.717, 1.165) is 25.7 Å². The Morgan fingerprint density at radius 1 is 1.45 bits per heavy atom. The molecule has 0 saturated carbocycles. The number of carbonyl (C=O) groups excluding carboxylic acids is 1. The molecule has 0 amide bonds. The lowest BCUT2D eigenvalue weighted by molar-refractivity contribution is -0.148. The standard InChI is InChI=1S/C9H14O2/c1-2-8-6-4-3-5-7-9(10)11-8/h2,8H,1,3-7H2. The zero-order chi connectivity index (χ0) is 8.10. The lowest BCUT2D eigenvalue weighted by Gasteiger charge is -2.16. The predicted molar refractivity (Wildman–Crippen MR) is 43.2 cm³/mol. The van der Waals surface area contributed by atoms with Crippen molar-refractivity contribution in [3.8, 4) is 0 Å². The summed E-state index contributed by atoms with van der Waals surface area (Å²) in [7, 11) is 0. The summed E-state index contributed by atoms with van der Waals surface area (Å²) in [6, 6.07) is 0. The van der Waals surface area contributed by atoms with Crippen LogP contribution >= 0.6 is 0 Å². The maximum absolute atomic E-state index is 10.9. The van der Waals surface area contributed by atoms with Gasteiger partial charge in [-0.25, -0.2) is 0 Å². The average molecular weight is 154 g/mol. The SMILES string of the molecule is C=CC1CCCCCC(=O)O1. The van der Waals surface area contributed by atoms with Crippen LogP contribution in [0.15, 0.2) is 12.7 Å². The highest BCUT2D eigenvalue weighted by atomic mass is 16.5. The number of hydrogen-bond acceptors (Lipinski definition) is 2. The zero-order valence-corrected chi connectivity index (χ0v) is 6.71. The highest BCUT2D eigenvalue weighted by Gasteiger charge is 2.13. The van der Waals surface area contributed by atoms with Crippen LogP contribution in [0, 0.1) is 0 Å². The number of carbonyl (C=O) groups is 1. The van der Waals surface area contributed by atoms with Crippen molar-refractivity contribution in [3.05, 3.63) is 12.7 Å². The van der Waals surface area contributed by atoms with Gasteiger partial charge in [-0.3, -0.25) is 4.79 Å². The molecular weight excluding hydrogens is 140 g/mol. The first kappa shape index (κ1) is 8.31. The Kier molecular flexibility index (Phi) is 3.14. The molecule has 0 radical (unpaired) electrons. The smallest absolute Gasteiger partial charge is 0.306 e. The molecule has 0 aromatic heterocycles. The van der Waals surface area contributed by atoms with Crippen molar-refractivity contribution in [2.24, 2.45) is 0 Å². The molecule has 62 valence electrons. The first-order valence-electron chi connectivity index (χ1n) is 4.15. The molecule has 0 spiro atoms. The van der Waals surface area contributed by atoms with Crippen molar-refractivity contribution in [2.75, 3.05) is 0 Å². The summed E-state index contributed by atoms with van der Waals surface area (Å²) in [6.07, 6.45) is 6.44. The number of rotatable bonds is 1. The van der Waals surface area contributed by atoms with Gasteiger partial charge in [-0.05, 0) is 19.3 Å². The van der Waals surface area contributed by atoms with E-state index >= 15 is 0 Å². The number of cyclic esters (lactones) is 1. The van der Waals surface area contributed by atoms with Crippen LogP contribution in [0.3, 0.4) is 0 Å². The van der Waals surface area contributed by atoms with E-state index in [1.54, 1.807) is 6.08 Å². The van der Waals surface area contributed by atoms with Gasteiger partial charge < -0.3 is 4.74 Å². The van der Waals surface area contributed by atoms with E-state index < -0.39 is 0 Å². The van der Waals surface area contributed by atoms with E-state index in [1.165, 1.54) is 0 Å². The minimum absolute atomic E-state index is 0.0391. The van der Waals surface area contributed by atoms with Gasteiger partial charge in [-0.15, -0.1) is 0 Å². The van der Waals surface area contributed by atoms with Crippen molar-refractivity contribution >= 4 is 5.97 Å². The maximum Gasteiger partial charge on any atom is 0.306 e. The summed E-state index contributed by atoms with van der Waals surface area (Å²) in [4.78, 5) is 10.9. The normalized spacial score (nSPS) is 26.5. The zero-order valence-electron chi connectivity index (χ0n) is 6.71. The van der Waals surface area contributed by atoms with E-state index in [0.29, 0.717) is 6.42 Å². The van der Waals surface area contributed by atoms with Crippen LogP contribution in [0.1, 0.15) is 32.1 Å². The predicted octanol–water partition coefficient (Wildman–Crippen LogP) is 2.05. The van der Waals surface area contributed by atoms with Crippen molar-refractivity contribution in [1.29, 1.82) is 0 Å². The van der Waals surface area contributed by atoms with Crippen LogP contribution in [-0.2, 0) is 9.53 Å². The highest BCUT2D eigenvalue weighted by molar-refractivity contribution is 5.69. The van der Waals surface area contributed by atoms with E-state index in [4.69, 9.17) is 4.74 Å². The van der Waals surface area contributed by atoms with Gasteiger partial charge in [-0.1, -0.05) is 19.1 Å². The molecular formula is C9H14O2. The molecule has 1 aliphatic heterocycles. The molecule has 0 N–H and O–H groups in total. The molecule has 1 unspecified atom stereocenters. The van der Waals surface area contributed by atoms with Gasteiger partial charge >= 0.3 is 5.97 Å². The minimum atomic E-state index is -0.0744. The Balaban J connectivity index is 2.41. The van der Waals surface area contributed by atoms with Gasteiger partial charge in [0, 0.05) is 6.42 Å². The van der Waals surface area contributed by atoms with Crippen LogP contribution in [0.5, 0.6) is 0 Å². The fraction of sp³-hybridized carbons (Fsp3) is 0.667. The second-order valence-corrected chi connectivity index (χ2v) is 2.86. The largest absolute Gasteiger partial charge is 0.458 e. The van der Waals surface area contributed by atoms with Crippen LogP contribution in [0.4, 0.5) is 0 Å². The summed E-state index contributed by atoms with van der Waals surface area (Å²) in [5, 5.41) is 0. The molecule has 1 rings (SSSR count). The van der Waals surface area contributed by atoms with Crippen LogP contribution < -0.4 is 0 Å². The molecule has 2 heteroatoms. The lowest BCUT2D eigenvalue weighted by Crippen LogP contribution is -2.17. The molecule has 11 heavy (non-hydrogen) atoms. The second kappa shape index (κ2) is 4.16. The maximum atomic E-state index is 10.9. The Morgan fingerprint density at radius 2 is 2.27 bits per heavy atom. The Bertz CT molecular complexity index is 152. The molecule has 2 nitrogen and oxygen atoms in total. The quantitative estimate of drug-likeness (QED) is 0.427. The highest BCUT2D eigenvalue weighted by Crippen LogP contribution is 2.14. The Labute approximate surface area is 67.2 Å². The number of ether oxygens (including phenoxy) is 1. The second-order valence-electron chi connectivity index (χ2n) is 2.86. The van der Waals surface area contributed by atoms with E-state index in [9.17, 15) is 4.79 Å². The van der Waals surface area contributed by atoms with Crippen LogP contribution in [0.2, 0.25) is 0 Å². The first-order valence-corrected chi connectivity index (χ1v) is 4.15. The van der Waals surface area contributed by atoms with Gasteiger partial charge in [0.05, 0.1) is 0 Å². The van der Waals surface area contributed by atoms with Gasteiger partial charge in [0.1, 0.15) is 6.10 Å². The van der Waals surface area contributed by atoms with Gasteiger partial charge in [0.25, 0.3) is 0 Å². The molecule has 0 bridgehead atoms. The van der Waals surface area contributed by atoms with Crippen molar-refractivity contribution < 1.29 is 9.53 Å². The van der Waals surface area contributed by atoms with Gasteiger partial charge in [-0.2, -0.15) is 0 Å². The van der Waals surface area contributed by atoms with E-state index in [-0.39, 0.29) is 12.1 Å². The first-order chi connectivity index (χ1) is 5.33. The van der Waals surface area contributed by atoms with Crippen molar-refractivity contribution in [3.63, 3.8) is 0 Å². The van der Waals surface area contributed by atoms with Crippen LogP contribution in [-0.4, -0.2) is 12.1 Å². The third kappa shape index (κ3) is 2.74.